The van der Waals surface area contributed by atoms with Crippen LogP contribution >= 0.6 is 0 Å². The zero-order valence-electron chi connectivity index (χ0n) is 25.0. The first kappa shape index (κ1) is 35.9. The number of ketones is 2. The Labute approximate surface area is 258 Å². The number of Topliss-reactive ketones (excluding diaryl/α,β-unsaturated/α-hetero) is 2. The molecule has 0 bridgehead atoms. The summed E-state index contributed by atoms with van der Waals surface area (Å²) in [6.45, 7) is 10.7. The summed E-state index contributed by atoms with van der Waals surface area (Å²) in [6, 6.07) is 9.69. The molecule has 4 rings (SSSR count). The summed E-state index contributed by atoms with van der Waals surface area (Å²) >= 11 is 0. The van der Waals surface area contributed by atoms with Crippen molar-refractivity contribution in [1.82, 2.24) is 9.80 Å². The van der Waals surface area contributed by atoms with Crippen LogP contribution in [-0.4, -0.2) is 73.0 Å². The van der Waals surface area contributed by atoms with E-state index in [1.165, 1.54) is 18.2 Å². The van der Waals surface area contributed by atoms with Gasteiger partial charge in [0.15, 0.2) is 0 Å². The molecule has 0 spiro atoms. The minimum atomic E-state index is -5.06. The van der Waals surface area contributed by atoms with E-state index in [9.17, 15) is 45.6 Å². The van der Waals surface area contributed by atoms with E-state index in [-0.39, 0.29) is 23.0 Å². The van der Waals surface area contributed by atoms with Crippen molar-refractivity contribution in [3.63, 3.8) is 0 Å². The molecule has 2 heterocycles. The monoisotopic (exact) mass is 639 g/mol. The number of alkyl halides is 6. The van der Waals surface area contributed by atoms with Crippen molar-refractivity contribution in [3.05, 3.63) is 82.7 Å². The summed E-state index contributed by atoms with van der Waals surface area (Å²) in [6.07, 6.45) is -4.31. The van der Waals surface area contributed by atoms with Gasteiger partial charge in [0.05, 0.1) is 11.1 Å². The SMILES string of the molecule is C=CCN1CCC(c2cccc(C(=O)C(F)(F)F)c2F)CC1.CCCN1CCC(c2cccc(C(=O)C(F)(F)F)c2C#N)CC1. The quantitative estimate of drug-likeness (QED) is 0.167. The van der Waals surface area contributed by atoms with Crippen LogP contribution in [0.1, 0.15) is 88.3 Å². The summed E-state index contributed by atoms with van der Waals surface area (Å²) in [7, 11) is 0. The average Bonchev–Trinajstić information content (AvgIpc) is 3.01. The molecule has 2 fully saturated rings. The van der Waals surface area contributed by atoms with Gasteiger partial charge < -0.3 is 4.90 Å². The molecule has 0 aliphatic carbocycles. The van der Waals surface area contributed by atoms with Gasteiger partial charge in [-0.2, -0.15) is 31.6 Å². The van der Waals surface area contributed by atoms with Crippen molar-refractivity contribution in [3.8, 4) is 6.07 Å². The lowest BCUT2D eigenvalue weighted by Gasteiger charge is -2.32. The Morgan fingerprint density at radius 3 is 1.80 bits per heavy atom. The van der Waals surface area contributed by atoms with Crippen LogP contribution in [0.25, 0.3) is 0 Å². The molecule has 0 amide bonds. The van der Waals surface area contributed by atoms with E-state index in [0.717, 1.165) is 70.7 Å². The van der Waals surface area contributed by atoms with E-state index in [1.807, 2.05) is 6.07 Å². The van der Waals surface area contributed by atoms with Gasteiger partial charge in [-0.3, -0.25) is 14.5 Å². The number of hydrogen-bond donors (Lipinski definition) is 0. The highest BCUT2D eigenvalue weighted by molar-refractivity contribution is 6.02. The van der Waals surface area contributed by atoms with Gasteiger partial charge in [0.2, 0.25) is 0 Å². The molecule has 2 saturated heterocycles. The first-order valence-corrected chi connectivity index (χ1v) is 14.8. The maximum Gasteiger partial charge on any atom is 0.454 e. The van der Waals surface area contributed by atoms with Gasteiger partial charge in [0.1, 0.15) is 11.9 Å². The first-order chi connectivity index (χ1) is 21.2. The lowest BCUT2D eigenvalue weighted by atomic mass is 9.84. The summed E-state index contributed by atoms with van der Waals surface area (Å²) in [5.41, 5.74) is -0.775. The Morgan fingerprint density at radius 1 is 0.844 bits per heavy atom. The molecule has 45 heavy (non-hydrogen) atoms. The number of carbonyl (C=O) groups excluding carboxylic acids is 2. The van der Waals surface area contributed by atoms with Gasteiger partial charge >= 0.3 is 12.4 Å². The standard InChI is InChI=1S/C17H19F3N2O.C16H17F4NO/c1-2-8-22-9-6-12(7-10-22)13-4-3-5-14(15(13)11-21)16(23)17(18,19)20;1-2-8-21-9-6-11(7-10-21)12-4-3-5-13(14(12)17)15(22)16(18,19)20/h3-5,12H,2,6-10H2,1H3;2-5,11H,1,6-10H2. The van der Waals surface area contributed by atoms with Gasteiger partial charge in [-0.25, -0.2) is 4.39 Å². The number of piperidine rings is 2. The fourth-order valence-electron chi connectivity index (χ4n) is 5.96. The number of halogens is 7. The molecule has 0 atom stereocenters. The van der Waals surface area contributed by atoms with Crippen molar-refractivity contribution in [2.24, 2.45) is 0 Å². The minimum Gasteiger partial charge on any atom is -0.303 e. The topological polar surface area (TPSA) is 64.4 Å². The predicted octanol–water partition coefficient (Wildman–Crippen LogP) is 7.83. The number of nitrogens with zero attached hydrogens (tertiary/aromatic N) is 3. The number of nitriles is 1. The smallest absolute Gasteiger partial charge is 0.303 e. The molecule has 0 saturated carbocycles. The summed E-state index contributed by atoms with van der Waals surface area (Å²) in [4.78, 5) is 27.3. The van der Waals surface area contributed by atoms with E-state index in [1.54, 1.807) is 12.1 Å². The molecule has 244 valence electrons. The summed E-state index contributed by atoms with van der Waals surface area (Å²) < 4.78 is 89.9. The Hall–Kier alpha value is -3.56. The van der Waals surface area contributed by atoms with Crippen molar-refractivity contribution in [2.45, 2.75) is 63.2 Å². The normalized spacial score (nSPS) is 17.2. The largest absolute Gasteiger partial charge is 0.454 e. The highest BCUT2D eigenvalue weighted by Gasteiger charge is 2.42. The van der Waals surface area contributed by atoms with Crippen molar-refractivity contribution >= 4 is 11.6 Å². The molecule has 5 nitrogen and oxygen atoms in total. The van der Waals surface area contributed by atoms with Crippen LogP contribution in [0.3, 0.4) is 0 Å². The van der Waals surface area contributed by atoms with Crippen LogP contribution in [-0.2, 0) is 0 Å². The lowest BCUT2D eigenvalue weighted by molar-refractivity contribution is -0.0889. The van der Waals surface area contributed by atoms with E-state index in [4.69, 9.17) is 0 Å². The highest BCUT2D eigenvalue weighted by atomic mass is 19.4. The van der Waals surface area contributed by atoms with E-state index >= 15 is 0 Å². The van der Waals surface area contributed by atoms with Crippen molar-refractivity contribution in [2.75, 3.05) is 39.3 Å². The van der Waals surface area contributed by atoms with Gasteiger partial charge in [-0.15, -0.1) is 6.58 Å². The van der Waals surface area contributed by atoms with E-state index < -0.39 is 40.9 Å². The molecule has 12 heteroatoms. The zero-order chi connectivity index (χ0) is 33.4. The first-order valence-electron chi connectivity index (χ1n) is 14.8. The molecule has 0 aromatic heterocycles. The molecule has 2 aromatic rings. The molecule has 0 unspecified atom stereocenters. The number of rotatable bonds is 8. The minimum absolute atomic E-state index is 0.0266. The molecule has 2 aromatic carbocycles. The van der Waals surface area contributed by atoms with Gasteiger partial charge in [-0.05, 0) is 99.9 Å². The number of hydrogen-bond acceptors (Lipinski definition) is 5. The Morgan fingerprint density at radius 2 is 1.31 bits per heavy atom. The third kappa shape index (κ3) is 9.23. The van der Waals surface area contributed by atoms with Crippen LogP contribution in [0.15, 0.2) is 49.1 Å². The number of benzene rings is 2. The predicted molar refractivity (Wildman–Crippen MR) is 156 cm³/mol. The fraction of sp³-hybridized carbons (Fsp3) is 0.485. The van der Waals surface area contributed by atoms with Crippen LogP contribution in [0.5, 0.6) is 0 Å². The number of carbonyl (C=O) groups is 2. The van der Waals surface area contributed by atoms with E-state index in [2.05, 4.69) is 23.3 Å². The summed E-state index contributed by atoms with van der Waals surface area (Å²) in [5.74, 6) is -5.25. The third-order valence-electron chi connectivity index (χ3n) is 8.22. The Kier molecular flexibility index (Phi) is 12.5. The van der Waals surface area contributed by atoms with Crippen LogP contribution in [0.4, 0.5) is 30.7 Å². The van der Waals surface area contributed by atoms with Gasteiger partial charge in [-0.1, -0.05) is 37.3 Å². The van der Waals surface area contributed by atoms with Crippen LogP contribution in [0.2, 0.25) is 0 Å². The van der Waals surface area contributed by atoms with Gasteiger partial charge in [0.25, 0.3) is 11.6 Å². The third-order valence-corrected chi connectivity index (χ3v) is 8.22. The van der Waals surface area contributed by atoms with Crippen molar-refractivity contribution in [1.29, 1.82) is 5.26 Å². The van der Waals surface area contributed by atoms with E-state index in [0.29, 0.717) is 18.4 Å². The molecule has 2 aliphatic heterocycles. The summed E-state index contributed by atoms with van der Waals surface area (Å²) in [5, 5.41) is 9.30. The second-order valence-corrected chi connectivity index (χ2v) is 11.2. The fourth-order valence-corrected chi connectivity index (χ4v) is 5.96. The molecule has 0 N–H and O–H groups in total. The number of likely N-dealkylation sites (tertiary alicyclic amines) is 2. The second kappa shape index (κ2) is 15.6. The second-order valence-electron chi connectivity index (χ2n) is 11.2. The van der Waals surface area contributed by atoms with Crippen LogP contribution in [0, 0.1) is 17.1 Å². The maximum atomic E-state index is 14.3. The maximum absolute atomic E-state index is 14.3. The highest BCUT2D eigenvalue weighted by Crippen LogP contribution is 2.34. The molecule has 0 radical (unpaired) electrons. The van der Waals surface area contributed by atoms with Gasteiger partial charge in [0, 0.05) is 12.1 Å². The lowest BCUT2D eigenvalue weighted by Crippen LogP contribution is -2.33. The molecule has 2 aliphatic rings. The molecular weight excluding hydrogens is 603 g/mol. The van der Waals surface area contributed by atoms with Crippen LogP contribution < -0.4 is 0 Å². The average molecular weight is 640 g/mol. The Balaban J connectivity index is 0.000000246. The Bertz CT molecular complexity index is 1380. The van der Waals surface area contributed by atoms with Crippen molar-refractivity contribution < 1.29 is 40.3 Å². The zero-order valence-corrected chi connectivity index (χ0v) is 25.0. The molecular formula is C33H36F7N3O2.